The van der Waals surface area contributed by atoms with Crippen molar-refractivity contribution >= 4 is 33.4 Å². The average Bonchev–Trinajstić information content (AvgIpc) is 3.05. The summed E-state index contributed by atoms with van der Waals surface area (Å²) < 4.78 is 6.62. The summed E-state index contributed by atoms with van der Waals surface area (Å²) >= 11 is 1.73. The number of likely N-dealkylation sites (tertiary alicyclic amines) is 1. The van der Waals surface area contributed by atoms with Crippen molar-refractivity contribution in [1.29, 1.82) is 0 Å². The number of nitrogens with zero attached hydrogens (tertiary/aromatic N) is 1. The minimum absolute atomic E-state index is 0.0255. The molecule has 1 N–H and O–H groups in total. The van der Waals surface area contributed by atoms with E-state index in [0.717, 1.165) is 17.7 Å². The number of hydrogen-bond acceptors (Lipinski definition) is 4. The molecule has 4 nitrogen and oxygen atoms in total. The Morgan fingerprint density at radius 2 is 1.86 bits per heavy atom. The largest absolute Gasteiger partial charge is 0.491 e. The van der Waals surface area contributed by atoms with Gasteiger partial charge in [0.15, 0.2) is 5.76 Å². The van der Waals surface area contributed by atoms with Crippen LogP contribution in [0.25, 0.3) is 16.2 Å². The molecule has 0 aliphatic carbocycles. The Labute approximate surface area is 178 Å². The fourth-order valence-electron chi connectivity index (χ4n) is 4.28. The average molecular weight is 413 g/mol. The van der Waals surface area contributed by atoms with Crippen LogP contribution in [0.2, 0.25) is 0 Å². The summed E-state index contributed by atoms with van der Waals surface area (Å²) in [6, 6.07) is 10.6. The number of allylic oxidation sites excluding steroid dienone is 2. The van der Waals surface area contributed by atoms with Gasteiger partial charge in [-0.25, -0.2) is 0 Å². The Balaban J connectivity index is 1.68. The van der Waals surface area contributed by atoms with Crippen LogP contribution < -0.4 is 5.32 Å². The highest BCUT2D eigenvalue weighted by molar-refractivity contribution is 7.19. The number of thiophene rings is 1. The van der Waals surface area contributed by atoms with Crippen LogP contribution in [0.5, 0.6) is 0 Å². The molecule has 5 heteroatoms. The molecule has 2 aromatic rings. The molecule has 0 saturated carbocycles. The van der Waals surface area contributed by atoms with Crippen molar-refractivity contribution in [3.63, 3.8) is 0 Å². The van der Waals surface area contributed by atoms with E-state index in [1.807, 2.05) is 24.3 Å². The smallest absolute Gasteiger partial charge is 0.286 e. The van der Waals surface area contributed by atoms with E-state index in [1.165, 1.54) is 10.1 Å². The summed E-state index contributed by atoms with van der Waals surface area (Å²) in [5.74, 6) is 0.173. The van der Waals surface area contributed by atoms with Crippen molar-refractivity contribution in [2.24, 2.45) is 0 Å². The second kappa shape index (κ2) is 8.33. The van der Waals surface area contributed by atoms with Gasteiger partial charge in [-0.3, -0.25) is 9.69 Å². The maximum atomic E-state index is 12.8. The van der Waals surface area contributed by atoms with Crippen molar-refractivity contribution < 1.29 is 9.53 Å². The molecule has 0 radical (unpaired) electrons. The first-order chi connectivity index (χ1) is 13.6. The van der Waals surface area contributed by atoms with E-state index in [0.29, 0.717) is 5.76 Å². The zero-order valence-electron chi connectivity index (χ0n) is 18.3. The van der Waals surface area contributed by atoms with Crippen LogP contribution in [0.1, 0.15) is 45.4 Å². The minimum atomic E-state index is -0.158. The first-order valence-corrected chi connectivity index (χ1v) is 10.9. The van der Waals surface area contributed by atoms with Crippen molar-refractivity contribution in [1.82, 2.24) is 10.2 Å². The van der Waals surface area contributed by atoms with Crippen molar-refractivity contribution in [2.45, 2.75) is 57.7 Å². The molecule has 3 rings (SSSR count). The van der Waals surface area contributed by atoms with Gasteiger partial charge in [-0.2, -0.15) is 0 Å². The predicted octanol–water partition coefficient (Wildman–Crippen LogP) is 5.21. The maximum Gasteiger partial charge on any atom is 0.286 e. The second-order valence-corrected chi connectivity index (χ2v) is 10.2. The van der Waals surface area contributed by atoms with Gasteiger partial charge in [-0.15, -0.1) is 11.3 Å². The number of carbonyl (C=O) groups is 1. The topological polar surface area (TPSA) is 41.6 Å². The van der Waals surface area contributed by atoms with Crippen molar-refractivity contribution in [2.75, 3.05) is 14.2 Å². The van der Waals surface area contributed by atoms with Gasteiger partial charge in [0, 0.05) is 26.7 Å². The maximum absolute atomic E-state index is 12.8. The fraction of sp³-hybridized carbons (Fsp3) is 0.458. The van der Waals surface area contributed by atoms with Gasteiger partial charge in [-0.1, -0.05) is 24.3 Å². The lowest BCUT2D eigenvalue weighted by Crippen LogP contribution is -2.62. The van der Waals surface area contributed by atoms with Crippen LogP contribution in [0.15, 0.2) is 48.2 Å². The number of rotatable bonds is 5. The summed E-state index contributed by atoms with van der Waals surface area (Å²) in [6.07, 6.45) is 7.45. The van der Waals surface area contributed by atoms with Crippen molar-refractivity contribution in [3.05, 3.63) is 53.1 Å². The molecular weight excluding hydrogens is 380 g/mol. The first kappa shape index (κ1) is 21.6. The highest BCUT2D eigenvalue weighted by Gasteiger charge is 2.43. The third-order valence-corrected chi connectivity index (χ3v) is 7.12. The predicted molar refractivity (Wildman–Crippen MR) is 123 cm³/mol. The van der Waals surface area contributed by atoms with Crippen LogP contribution in [-0.2, 0) is 9.53 Å². The Morgan fingerprint density at radius 1 is 1.21 bits per heavy atom. The normalized spacial score (nSPS) is 20.3. The molecule has 1 aromatic heterocycles. The SMILES string of the molecule is COC(=CC=Cc1cc2ccccc2s1)C(=O)NC1CC(C)(C)N(C)C(C)(C)C1. The number of ether oxygens (including phenoxy) is 1. The number of benzene rings is 1. The molecule has 29 heavy (non-hydrogen) atoms. The first-order valence-electron chi connectivity index (χ1n) is 10.1. The monoisotopic (exact) mass is 412 g/mol. The van der Waals surface area contributed by atoms with Crippen LogP contribution in [-0.4, -0.2) is 42.1 Å². The minimum Gasteiger partial charge on any atom is -0.491 e. The number of piperidine rings is 1. The van der Waals surface area contributed by atoms with E-state index >= 15 is 0 Å². The lowest BCUT2D eigenvalue weighted by Gasteiger charge is -2.53. The number of methoxy groups -OCH3 is 1. The summed E-state index contributed by atoms with van der Waals surface area (Å²) in [5, 5.41) is 4.42. The number of nitrogens with one attached hydrogen (secondary N) is 1. The molecule has 0 bridgehead atoms. The quantitative estimate of drug-likeness (QED) is 0.416. The molecule has 1 aliphatic rings. The number of hydrogen-bond donors (Lipinski definition) is 1. The van der Waals surface area contributed by atoms with E-state index in [2.05, 4.69) is 63.2 Å². The summed E-state index contributed by atoms with van der Waals surface area (Å²) in [4.78, 5) is 16.3. The molecule has 1 saturated heterocycles. The van der Waals surface area contributed by atoms with E-state index in [1.54, 1.807) is 24.5 Å². The number of fused-ring (bicyclic) bond motifs is 1. The molecule has 0 atom stereocenters. The molecule has 1 amide bonds. The lowest BCUT2D eigenvalue weighted by atomic mass is 9.77. The standard InChI is InChI=1S/C24H32N2O2S/c1-23(2)15-18(16-24(3,4)26(23)5)25-22(27)20(28-6)12-9-11-19-14-17-10-7-8-13-21(17)29-19/h7-14,18H,15-16H2,1-6H3,(H,25,27). The molecule has 1 fully saturated rings. The van der Waals surface area contributed by atoms with E-state index < -0.39 is 0 Å². The second-order valence-electron chi connectivity index (χ2n) is 9.04. The van der Waals surface area contributed by atoms with Crippen LogP contribution in [0.4, 0.5) is 0 Å². The Hall–Kier alpha value is -2.11. The van der Waals surface area contributed by atoms with Gasteiger partial charge >= 0.3 is 0 Å². The summed E-state index contributed by atoms with van der Waals surface area (Å²) in [5.41, 5.74) is 0.0510. The molecule has 0 spiro atoms. The van der Waals surface area contributed by atoms with Crippen molar-refractivity contribution in [3.8, 4) is 0 Å². The third-order valence-electron chi connectivity index (χ3n) is 6.04. The molecular formula is C24H32N2O2S. The van der Waals surface area contributed by atoms with Gasteiger partial charge in [0.2, 0.25) is 0 Å². The van der Waals surface area contributed by atoms with Gasteiger partial charge < -0.3 is 10.1 Å². The van der Waals surface area contributed by atoms with Crippen LogP contribution >= 0.6 is 11.3 Å². The van der Waals surface area contributed by atoms with Gasteiger partial charge in [0.05, 0.1) is 7.11 Å². The highest BCUT2D eigenvalue weighted by atomic mass is 32.1. The molecule has 2 heterocycles. The summed E-state index contributed by atoms with van der Waals surface area (Å²) in [7, 11) is 3.71. The molecule has 1 aliphatic heterocycles. The van der Waals surface area contributed by atoms with E-state index in [9.17, 15) is 4.79 Å². The molecule has 0 unspecified atom stereocenters. The highest BCUT2D eigenvalue weighted by Crippen LogP contribution is 2.36. The number of carbonyl (C=O) groups excluding carboxylic acids is 1. The molecule has 1 aromatic carbocycles. The Morgan fingerprint density at radius 3 is 2.48 bits per heavy atom. The molecule has 156 valence electrons. The Bertz CT molecular complexity index is 888. The van der Waals surface area contributed by atoms with Gasteiger partial charge in [0.1, 0.15) is 0 Å². The lowest BCUT2D eigenvalue weighted by molar-refractivity contribution is -0.122. The third kappa shape index (κ3) is 4.90. The fourth-order valence-corrected chi connectivity index (χ4v) is 5.26. The van der Waals surface area contributed by atoms with Crippen LogP contribution in [0, 0.1) is 0 Å². The van der Waals surface area contributed by atoms with Gasteiger partial charge in [0.25, 0.3) is 5.91 Å². The zero-order valence-corrected chi connectivity index (χ0v) is 19.1. The number of amides is 1. The Kier molecular flexibility index (Phi) is 6.20. The van der Waals surface area contributed by atoms with E-state index in [-0.39, 0.29) is 23.0 Å². The summed E-state index contributed by atoms with van der Waals surface area (Å²) in [6.45, 7) is 8.92. The zero-order chi connectivity index (χ0) is 21.2. The van der Waals surface area contributed by atoms with E-state index in [4.69, 9.17) is 4.74 Å². The van der Waals surface area contributed by atoms with Crippen LogP contribution in [0.3, 0.4) is 0 Å². The van der Waals surface area contributed by atoms with Gasteiger partial charge in [-0.05, 0) is 77.3 Å².